The first-order chi connectivity index (χ1) is 25.4. The van der Waals surface area contributed by atoms with E-state index in [0.29, 0.717) is 50.9 Å². The second kappa shape index (κ2) is 15.1. The quantitative estimate of drug-likeness (QED) is 0.129. The van der Waals surface area contributed by atoms with Crippen LogP contribution in [-0.4, -0.2) is 34.9 Å². The van der Waals surface area contributed by atoms with E-state index in [-0.39, 0.29) is 12.2 Å². The predicted octanol–water partition coefficient (Wildman–Crippen LogP) is 7.72. The van der Waals surface area contributed by atoms with Crippen LogP contribution in [0.25, 0.3) is 34.3 Å². The number of carbonyl (C=O) groups excluding carboxylic acids is 1. The number of fused-ring (bicyclic) bond motifs is 1. The maximum atomic E-state index is 14.7. The summed E-state index contributed by atoms with van der Waals surface area (Å²) in [4.78, 5) is 33.6. The summed E-state index contributed by atoms with van der Waals surface area (Å²) in [6.07, 6.45) is 1.95. The molecule has 0 fully saturated rings. The summed E-state index contributed by atoms with van der Waals surface area (Å²) in [7, 11) is 0. The second-order valence-corrected chi connectivity index (χ2v) is 13.1. The van der Waals surface area contributed by atoms with Gasteiger partial charge in [0, 0.05) is 11.3 Å². The van der Waals surface area contributed by atoms with Gasteiger partial charge in [-0.15, -0.1) is 0 Å². The molecule has 0 radical (unpaired) electrons. The van der Waals surface area contributed by atoms with E-state index in [1.807, 2.05) is 92.7 Å². The Hall–Kier alpha value is -5.93. The van der Waals surface area contributed by atoms with Crippen LogP contribution in [-0.2, 0) is 9.53 Å². The number of allylic oxidation sites excluding steroid dienone is 1. The zero-order chi connectivity index (χ0) is 36.2. The Kier molecular flexibility index (Phi) is 10.0. The minimum atomic E-state index is -0.797. The summed E-state index contributed by atoms with van der Waals surface area (Å²) >= 11 is 1.30. The van der Waals surface area contributed by atoms with Crippen molar-refractivity contribution in [2.45, 2.75) is 33.7 Å². The lowest BCUT2D eigenvalue weighted by atomic mass is 9.95. The summed E-state index contributed by atoms with van der Waals surface area (Å²) in [6, 6.07) is 37.5. The van der Waals surface area contributed by atoms with Crippen molar-refractivity contribution in [2.24, 2.45) is 4.99 Å². The second-order valence-electron chi connectivity index (χ2n) is 12.1. The predicted molar refractivity (Wildman–Crippen MR) is 206 cm³/mol. The largest absolute Gasteiger partial charge is 0.490 e. The fraction of sp³-hybridized carbons (Fsp3) is 0.186. The topological polar surface area (TPSA) is 84.1 Å². The van der Waals surface area contributed by atoms with Gasteiger partial charge in [-0.25, -0.2) is 9.79 Å². The maximum Gasteiger partial charge on any atom is 0.338 e. The van der Waals surface area contributed by atoms with Crippen molar-refractivity contribution in [1.29, 1.82) is 0 Å². The summed E-state index contributed by atoms with van der Waals surface area (Å²) in [6.45, 7) is 8.43. The third kappa shape index (κ3) is 6.51. The van der Waals surface area contributed by atoms with Crippen molar-refractivity contribution in [3.05, 3.63) is 157 Å². The molecule has 262 valence electrons. The maximum absolute atomic E-state index is 14.7. The van der Waals surface area contributed by atoms with E-state index in [9.17, 15) is 9.59 Å². The van der Waals surface area contributed by atoms with Gasteiger partial charge in [0.25, 0.3) is 5.56 Å². The van der Waals surface area contributed by atoms with Crippen molar-refractivity contribution in [3.63, 3.8) is 0 Å². The smallest absolute Gasteiger partial charge is 0.338 e. The molecule has 4 aromatic carbocycles. The number of rotatable bonds is 11. The standard InChI is InChI=1S/C43H39N3O5S/c1-5-49-35-24-23-31(26-36(35)50-6-2)40-38(42(48)51-7-3)28(4)44-43-46(40)41(47)37(52-43)27-32-25-34(29-17-11-8-12-18-29)45(33-21-15-10-16-22-33)39(32)30-19-13-9-14-20-30/h8-27,40H,5-7H2,1-4H3/b37-27-/t40-/m1/s1. The summed E-state index contributed by atoms with van der Waals surface area (Å²) in [5.41, 5.74) is 7.07. The highest BCUT2D eigenvalue weighted by atomic mass is 32.1. The fourth-order valence-corrected chi connectivity index (χ4v) is 7.72. The van der Waals surface area contributed by atoms with Gasteiger partial charge >= 0.3 is 5.97 Å². The van der Waals surface area contributed by atoms with Crippen LogP contribution in [0.15, 0.2) is 136 Å². The lowest BCUT2D eigenvalue weighted by Gasteiger charge is -2.25. The molecular weight excluding hydrogens is 671 g/mol. The lowest BCUT2D eigenvalue weighted by Crippen LogP contribution is -2.40. The number of thiazole rings is 1. The first kappa shape index (κ1) is 34.5. The van der Waals surface area contributed by atoms with Crippen molar-refractivity contribution in [1.82, 2.24) is 9.13 Å². The van der Waals surface area contributed by atoms with Gasteiger partial charge in [-0.05, 0) is 80.8 Å². The number of esters is 1. The number of carbonyl (C=O) groups is 1. The van der Waals surface area contributed by atoms with Gasteiger partial charge in [0.15, 0.2) is 16.3 Å². The Bertz CT molecular complexity index is 2450. The monoisotopic (exact) mass is 709 g/mol. The zero-order valence-electron chi connectivity index (χ0n) is 29.5. The van der Waals surface area contributed by atoms with E-state index in [0.717, 1.165) is 33.8 Å². The molecule has 0 spiro atoms. The molecule has 0 bridgehead atoms. The van der Waals surface area contributed by atoms with Crippen molar-refractivity contribution >= 4 is 23.4 Å². The van der Waals surface area contributed by atoms with Gasteiger partial charge in [-0.1, -0.05) is 96.3 Å². The van der Waals surface area contributed by atoms with Crippen molar-refractivity contribution in [2.75, 3.05) is 19.8 Å². The molecule has 7 rings (SSSR count). The average Bonchev–Trinajstić information content (AvgIpc) is 3.69. The average molecular weight is 710 g/mol. The minimum Gasteiger partial charge on any atom is -0.490 e. The highest BCUT2D eigenvalue weighted by Crippen LogP contribution is 2.38. The Morgan fingerprint density at radius 2 is 1.42 bits per heavy atom. The molecule has 8 nitrogen and oxygen atoms in total. The number of benzene rings is 4. The van der Waals surface area contributed by atoms with Crippen LogP contribution in [0.3, 0.4) is 0 Å². The van der Waals surface area contributed by atoms with Crippen LogP contribution in [0.4, 0.5) is 0 Å². The minimum absolute atomic E-state index is 0.185. The summed E-state index contributed by atoms with van der Waals surface area (Å²) in [5, 5.41) is 0. The molecule has 0 unspecified atom stereocenters. The molecule has 0 saturated carbocycles. The normalized spacial score (nSPS) is 14.2. The third-order valence-electron chi connectivity index (χ3n) is 8.85. The lowest BCUT2D eigenvalue weighted by molar-refractivity contribution is -0.139. The Morgan fingerprint density at radius 1 is 0.788 bits per heavy atom. The number of aromatic nitrogens is 2. The highest BCUT2D eigenvalue weighted by Gasteiger charge is 2.34. The molecule has 1 aliphatic heterocycles. The van der Waals surface area contributed by atoms with Gasteiger partial charge in [-0.2, -0.15) is 0 Å². The number of hydrogen-bond donors (Lipinski definition) is 0. The number of para-hydroxylation sites is 1. The van der Waals surface area contributed by atoms with Gasteiger partial charge < -0.3 is 18.8 Å². The van der Waals surface area contributed by atoms with E-state index in [4.69, 9.17) is 19.2 Å². The summed E-state index contributed by atoms with van der Waals surface area (Å²) < 4.78 is 21.7. The third-order valence-corrected chi connectivity index (χ3v) is 9.83. The molecule has 9 heteroatoms. The first-order valence-electron chi connectivity index (χ1n) is 17.4. The van der Waals surface area contributed by atoms with E-state index in [1.165, 1.54) is 11.3 Å². The van der Waals surface area contributed by atoms with Gasteiger partial charge in [0.05, 0.1) is 53.1 Å². The van der Waals surface area contributed by atoms with Crippen LogP contribution < -0.4 is 24.4 Å². The molecule has 0 aliphatic carbocycles. The van der Waals surface area contributed by atoms with Crippen molar-refractivity contribution in [3.8, 4) is 39.7 Å². The van der Waals surface area contributed by atoms with Crippen LogP contribution in [0.1, 0.15) is 44.9 Å². The zero-order valence-corrected chi connectivity index (χ0v) is 30.4. The van der Waals surface area contributed by atoms with E-state index in [2.05, 4.69) is 47.0 Å². The van der Waals surface area contributed by atoms with Crippen LogP contribution in [0.2, 0.25) is 0 Å². The Morgan fingerprint density at radius 3 is 2.08 bits per heavy atom. The molecule has 6 aromatic rings. The molecule has 0 saturated heterocycles. The first-order valence-corrected chi connectivity index (χ1v) is 18.3. The van der Waals surface area contributed by atoms with E-state index in [1.54, 1.807) is 18.4 Å². The van der Waals surface area contributed by atoms with Crippen molar-refractivity contribution < 1.29 is 19.0 Å². The molecule has 52 heavy (non-hydrogen) atoms. The molecule has 3 heterocycles. The number of nitrogens with zero attached hydrogens (tertiary/aromatic N) is 3. The highest BCUT2D eigenvalue weighted by molar-refractivity contribution is 7.07. The van der Waals surface area contributed by atoms with Crippen LogP contribution in [0, 0.1) is 0 Å². The molecule has 1 aliphatic rings. The number of ether oxygens (including phenoxy) is 3. The van der Waals surface area contributed by atoms with Gasteiger partial charge in [-0.3, -0.25) is 9.36 Å². The fourth-order valence-electron chi connectivity index (χ4n) is 6.68. The van der Waals surface area contributed by atoms with E-state index < -0.39 is 12.0 Å². The van der Waals surface area contributed by atoms with Gasteiger partial charge in [0.2, 0.25) is 0 Å². The molecule has 0 amide bonds. The molecule has 0 N–H and O–H groups in total. The van der Waals surface area contributed by atoms with E-state index >= 15 is 0 Å². The summed E-state index contributed by atoms with van der Waals surface area (Å²) in [5.74, 6) is 0.600. The Balaban J connectivity index is 1.49. The SMILES string of the molecule is CCOC(=O)C1=C(C)N=c2s/c(=C\c3cc(-c4ccccc4)n(-c4ccccc4)c3-c3ccccc3)c(=O)n2[C@@H]1c1ccc(OCC)c(OCC)c1. The molecular formula is C43H39N3O5S. The Labute approximate surface area is 306 Å². The number of hydrogen-bond acceptors (Lipinski definition) is 7. The molecule has 1 atom stereocenters. The van der Waals surface area contributed by atoms with Crippen LogP contribution >= 0.6 is 11.3 Å². The van der Waals surface area contributed by atoms with Crippen LogP contribution in [0.5, 0.6) is 11.5 Å². The van der Waals surface area contributed by atoms with Gasteiger partial charge in [0.1, 0.15) is 0 Å². The molecule has 2 aromatic heterocycles.